The summed E-state index contributed by atoms with van der Waals surface area (Å²) in [5.41, 5.74) is -0.619. The van der Waals surface area contributed by atoms with Crippen LogP contribution in [0.2, 0.25) is 0 Å². The number of carboxylic acid groups (broad SMARTS) is 1. The van der Waals surface area contributed by atoms with Crippen LogP contribution < -0.4 is 5.32 Å². The highest BCUT2D eigenvalue weighted by molar-refractivity contribution is 7.99. The van der Waals surface area contributed by atoms with E-state index in [-0.39, 0.29) is 0 Å². The monoisotopic (exact) mass is 221 g/mol. The zero-order valence-electron chi connectivity index (χ0n) is 8.66. The highest BCUT2D eigenvalue weighted by atomic mass is 32.2. The molecule has 0 aromatic carbocycles. The first-order chi connectivity index (χ1) is 6.26. The predicted octanol–water partition coefficient (Wildman–Crippen LogP) is 1.28. The number of hydrogen-bond donors (Lipinski definition) is 2. The maximum atomic E-state index is 11.1. The van der Waals surface area contributed by atoms with Crippen LogP contribution in [0.25, 0.3) is 0 Å². The van der Waals surface area contributed by atoms with Crippen LogP contribution >= 0.6 is 11.8 Å². The maximum Gasteiger partial charge on any atom is 0.409 e. The number of alkyl carbamates (subject to hydrolysis) is 1. The van der Waals surface area contributed by atoms with Gasteiger partial charge in [0.2, 0.25) is 0 Å². The fourth-order valence-electron chi connectivity index (χ4n) is 0.636. The van der Waals surface area contributed by atoms with Crippen LogP contribution in [0.15, 0.2) is 0 Å². The smallest absolute Gasteiger partial charge is 0.409 e. The summed E-state index contributed by atoms with van der Waals surface area (Å²) in [4.78, 5) is 21.7. The van der Waals surface area contributed by atoms with E-state index in [9.17, 15) is 9.59 Å². The van der Waals surface area contributed by atoms with Crippen molar-refractivity contribution >= 4 is 23.8 Å². The van der Waals surface area contributed by atoms with Gasteiger partial charge >= 0.3 is 12.1 Å². The number of nitrogens with one attached hydrogen (secondary N) is 1. The van der Waals surface area contributed by atoms with Crippen molar-refractivity contribution in [3.63, 3.8) is 0 Å². The van der Waals surface area contributed by atoms with Crippen LogP contribution in [-0.4, -0.2) is 34.4 Å². The van der Waals surface area contributed by atoms with Gasteiger partial charge in [-0.25, -0.2) is 9.59 Å². The Labute approximate surface area is 87.2 Å². The number of carboxylic acids is 1. The molecular formula is C8H15NO4S. The molecule has 0 saturated carbocycles. The lowest BCUT2D eigenvalue weighted by Crippen LogP contribution is -2.41. The SMILES string of the molecule is CS[C@H](NC(=O)OC(C)(C)C)C(=O)O. The highest BCUT2D eigenvalue weighted by Crippen LogP contribution is 2.09. The molecule has 0 saturated heterocycles. The summed E-state index contributed by atoms with van der Waals surface area (Å²) in [6.07, 6.45) is 0.870. The van der Waals surface area contributed by atoms with Gasteiger partial charge in [0.1, 0.15) is 5.60 Å². The molecule has 0 unspecified atom stereocenters. The number of rotatable bonds is 3. The second kappa shape index (κ2) is 5.09. The van der Waals surface area contributed by atoms with E-state index in [2.05, 4.69) is 5.32 Å². The summed E-state index contributed by atoms with van der Waals surface area (Å²) in [6, 6.07) is 0. The Balaban J connectivity index is 4.11. The minimum atomic E-state index is -1.09. The zero-order valence-corrected chi connectivity index (χ0v) is 9.47. The Morgan fingerprint density at radius 2 is 1.93 bits per heavy atom. The molecule has 0 aromatic rings. The van der Waals surface area contributed by atoms with Gasteiger partial charge < -0.3 is 9.84 Å². The molecule has 5 nitrogen and oxygen atoms in total. The molecule has 0 spiro atoms. The molecular weight excluding hydrogens is 206 g/mol. The van der Waals surface area contributed by atoms with Crippen molar-refractivity contribution in [3.8, 4) is 0 Å². The van der Waals surface area contributed by atoms with Crippen molar-refractivity contribution < 1.29 is 19.4 Å². The normalized spacial score (nSPS) is 13.1. The van der Waals surface area contributed by atoms with E-state index in [1.54, 1.807) is 27.0 Å². The number of thioether (sulfide) groups is 1. The second-order valence-electron chi connectivity index (χ2n) is 3.60. The van der Waals surface area contributed by atoms with E-state index in [0.29, 0.717) is 0 Å². The van der Waals surface area contributed by atoms with Crippen molar-refractivity contribution in [1.29, 1.82) is 0 Å². The fourth-order valence-corrected chi connectivity index (χ4v) is 1.05. The first-order valence-corrected chi connectivity index (χ1v) is 5.30. The first kappa shape index (κ1) is 13.1. The molecule has 6 heteroatoms. The highest BCUT2D eigenvalue weighted by Gasteiger charge is 2.22. The number of carbonyl (C=O) groups excluding carboxylic acids is 1. The average Bonchev–Trinajstić information content (AvgIpc) is 1.96. The van der Waals surface area contributed by atoms with E-state index in [0.717, 1.165) is 11.8 Å². The van der Waals surface area contributed by atoms with Crippen molar-refractivity contribution in [2.24, 2.45) is 0 Å². The minimum absolute atomic E-state index is 0.619. The summed E-state index contributed by atoms with van der Waals surface area (Å²) in [5.74, 6) is -1.09. The van der Waals surface area contributed by atoms with Gasteiger partial charge in [0.25, 0.3) is 0 Å². The largest absolute Gasteiger partial charge is 0.479 e. The van der Waals surface area contributed by atoms with Gasteiger partial charge in [-0.2, -0.15) is 0 Å². The summed E-state index contributed by atoms with van der Waals surface area (Å²) in [5, 5.41) is 9.89. The third-order valence-corrected chi connectivity index (χ3v) is 1.90. The summed E-state index contributed by atoms with van der Waals surface area (Å²) >= 11 is 1.02. The molecule has 0 bridgehead atoms. The van der Waals surface area contributed by atoms with Crippen molar-refractivity contribution in [2.45, 2.75) is 31.7 Å². The van der Waals surface area contributed by atoms with Gasteiger partial charge in [-0.3, -0.25) is 5.32 Å². The van der Waals surface area contributed by atoms with Crippen molar-refractivity contribution in [3.05, 3.63) is 0 Å². The molecule has 14 heavy (non-hydrogen) atoms. The van der Waals surface area contributed by atoms with Crippen molar-refractivity contribution in [2.75, 3.05) is 6.26 Å². The Kier molecular flexibility index (Phi) is 4.76. The molecule has 2 N–H and O–H groups in total. The molecule has 0 aliphatic heterocycles. The fraction of sp³-hybridized carbons (Fsp3) is 0.750. The second-order valence-corrected chi connectivity index (χ2v) is 4.54. The van der Waals surface area contributed by atoms with E-state index in [4.69, 9.17) is 9.84 Å². The number of ether oxygens (including phenoxy) is 1. The average molecular weight is 221 g/mol. The molecule has 0 radical (unpaired) electrons. The maximum absolute atomic E-state index is 11.1. The molecule has 0 aliphatic rings. The molecule has 1 atom stereocenters. The molecule has 82 valence electrons. The van der Waals surface area contributed by atoms with E-state index < -0.39 is 23.0 Å². The Hall–Kier alpha value is -0.910. The molecule has 0 aliphatic carbocycles. The third-order valence-electron chi connectivity index (χ3n) is 1.11. The number of carbonyl (C=O) groups is 2. The van der Waals surface area contributed by atoms with Gasteiger partial charge in [-0.1, -0.05) is 0 Å². The van der Waals surface area contributed by atoms with Crippen LogP contribution in [0.4, 0.5) is 4.79 Å². The van der Waals surface area contributed by atoms with Crippen LogP contribution in [0.5, 0.6) is 0 Å². The minimum Gasteiger partial charge on any atom is -0.479 e. The van der Waals surface area contributed by atoms with Crippen LogP contribution in [-0.2, 0) is 9.53 Å². The van der Waals surface area contributed by atoms with Crippen LogP contribution in [0, 0.1) is 0 Å². The van der Waals surface area contributed by atoms with E-state index in [1.807, 2.05) is 0 Å². The first-order valence-electron chi connectivity index (χ1n) is 4.01. The quantitative estimate of drug-likeness (QED) is 0.702. The van der Waals surface area contributed by atoms with Crippen LogP contribution in [0.3, 0.4) is 0 Å². The molecule has 1 amide bonds. The van der Waals surface area contributed by atoms with Gasteiger partial charge in [0.05, 0.1) is 0 Å². The third kappa shape index (κ3) is 5.69. The Morgan fingerprint density at radius 1 is 1.43 bits per heavy atom. The Morgan fingerprint density at radius 3 is 2.21 bits per heavy atom. The number of amides is 1. The molecule has 0 fully saturated rings. The van der Waals surface area contributed by atoms with E-state index in [1.165, 1.54) is 0 Å². The predicted molar refractivity (Wildman–Crippen MR) is 54.3 cm³/mol. The van der Waals surface area contributed by atoms with E-state index >= 15 is 0 Å². The number of hydrogen-bond acceptors (Lipinski definition) is 4. The van der Waals surface area contributed by atoms with Gasteiger partial charge in [-0.05, 0) is 27.0 Å². The Bertz CT molecular complexity index is 224. The lowest BCUT2D eigenvalue weighted by molar-refractivity contribution is -0.137. The van der Waals surface area contributed by atoms with Gasteiger partial charge in [0, 0.05) is 0 Å². The lowest BCUT2D eigenvalue weighted by atomic mass is 10.2. The summed E-state index contributed by atoms with van der Waals surface area (Å²) in [6.45, 7) is 5.13. The summed E-state index contributed by atoms with van der Waals surface area (Å²) < 4.78 is 4.89. The topological polar surface area (TPSA) is 75.6 Å². The number of aliphatic carboxylic acids is 1. The standard InChI is InChI=1S/C8H15NO4S/c1-8(2,3)13-7(12)9-5(14-4)6(10)11/h5H,1-4H3,(H,9,12)(H,10,11)/t5-/m0/s1. The summed E-state index contributed by atoms with van der Waals surface area (Å²) in [7, 11) is 0. The molecule has 0 aromatic heterocycles. The molecule has 0 rings (SSSR count). The lowest BCUT2D eigenvalue weighted by Gasteiger charge is -2.21. The zero-order chi connectivity index (χ0) is 11.4. The van der Waals surface area contributed by atoms with Crippen LogP contribution in [0.1, 0.15) is 20.8 Å². The van der Waals surface area contributed by atoms with Crippen molar-refractivity contribution in [1.82, 2.24) is 5.32 Å². The molecule has 0 heterocycles. The van der Waals surface area contributed by atoms with Gasteiger partial charge in [-0.15, -0.1) is 11.8 Å². The van der Waals surface area contributed by atoms with Gasteiger partial charge in [0.15, 0.2) is 5.37 Å².